The van der Waals surface area contributed by atoms with E-state index < -0.39 is 0 Å². The third kappa shape index (κ3) is 3.85. The summed E-state index contributed by atoms with van der Waals surface area (Å²) in [5.41, 5.74) is 2.32. The van der Waals surface area contributed by atoms with Crippen LogP contribution in [0.25, 0.3) is 16.7 Å². The van der Waals surface area contributed by atoms with Crippen LogP contribution in [0.1, 0.15) is 6.92 Å². The molecule has 0 unspecified atom stereocenters. The van der Waals surface area contributed by atoms with Crippen LogP contribution < -0.4 is 5.32 Å². The molecule has 28 heavy (non-hydrogen) atoms. The van der Waals surface area contributed by atoms with E-state index in [-0.39, 0.29) is 11.2 Å². The molecular formula is C20H16ClN5OS. The highest BCUT2D eigenvalue weighted by molar-refractivity contribution is 8.00. The van der Waals surface area contributed by atoms with E-state index in [1.807, 2.05) is 37.3 Å². The predicted octanol–water partition coefficient (Wildman–Crippen LogP) is 4.59. The summed E-state index contributed by atoms with van der Waals surface area (Å²) >= 11 is 7.25. The van der Waals surface area contributed by atoms with Gasteiger partial charge in [0.2, 0.25) is 5.91 Å². The van der Waals surface area contributed by atoms with Gasteiger partial charge in [0.1, 0.15) is 11.4 Å². The lowest BCUT2D eigenvalue weighted by Crippen LogP contribution is -2.22. The molecular weight excluding hydrogens is 394 g/mol. The molecule has 4 aromatic rings. The van der Waals surface area contributed by atoms with E-state index >= 15 is 0 Å². The number of para-hydroxylation sites is 1. The number of amides is 1. The van der Waals surface area contributed by atoms with Gasteiger partial charge >= 0.3 is 0 Å². The first-order chi connectivity index (χ1) is 13.6. The Morgan fingerprint density at radius 1 is 1.11 bits per heavy atom. The maximum atomic E-state index is 12.5. The molecule has 140 valence electrons. The molecule has 2 aromatic heterocycles. The van der Waals surface area contributed by atoms with Gasteiger partial charge in [-0.25, -0.2) is 14.6 Å². The second kappa shape index (κ2) is 8.00. The van der Waals surface area contributed by atoms with Gasteiger partial charge in [-0.2, -0.15) is 5.10 Å². The van der Waals surface area contributed by atoms with E-state index in [1.165, 1.54) is 18.1 Å². The van der Waals surface area contributed by atoms with Gasteiger partial charge in [0.25, 0.3) is 0 Å². The quantitative estimate of drug-likeness (QED) is 0.385. The molecule has 6 nitrogen and oxygen atoms in total. The van der Waals surface area contributed by atoms with E-state index in [9.17, 15) is 4.79 Å². The van der Waals surface area contributed by atoms with Crippen LogP contribution in [0.4, 0.5) is 5.69 Å². The van der Waals surface area contributed by atoms with Crippen molar-refractivity contribution in [2.24, 2.45) is 0 Å². The topological polar surface area (TPSA) is 72.7 Å². The average Bonchev–Trinajstić information content (AvgIpc) is 3.15. The molecule has 0 saturated carbocycles. The number of carbonyl (C=O) groups excluding carboxylic acids is 1. The van der Waals surface area contributed by atoms with Crippen LogP contribution in [-0.2, 0) is 4.79 Å². The first-order valence-corrected chi connectivity index (χ1v) is 9.85. The van der Waals surface area contributed by atoms with Crippen LogP contribution in [0, 0.1) is 0 Å². The molecule has 2 heterocycles. The fourth-order valence-corrected chi connectivity index (χ4v) is 3.68. The maximum Gasteiger partial charge on any atom is 0.237 e. The molecule has 0 bridgehead atoms. The minimum atomic E-state index is -0.353. The molecule has 2 aromatic carbocycles. The van der Waals surface area contributed by atoms with Crippen LogP contribution in [0.5, 0.6) is 0 Å². The Balaban J connectivity index is 1.55. The van der Waals surface area contributed by atoms with Gasteiger partial charge in [0.15, 0.2) is 5.65 Å². The van der Waals surface area contributed by atoms with E-state index in [4.69, 9.17) is 11.6 Å². The number of nitrogens with one attached hydrogen (secondary N) is 1. The third-order valence-corrected chi connectivity index (χ3v) is 5.47. The Hall–Kier alpha value is -2.90. The number of hydrogen-bond donors (Lipinski definition) is 1. The Labute approximate surface area is 171 Å². The number of nitrogens with zero attached hydrogens (tertiary/aromatic N) is 4. The summed E-state index contributed by atoms with van der Waals surface area (Å²) in [6.07, 6.45) is 3.23. The number of thioether (sulfide) groups is 1. The molecule has 0 aliphatic carbocycles. The number of aromatic nitrogens is 4. The lowest BCUT2D eigenvalue weighted by Gasteiger charge is -2.12. The zero-order valence-electron chi connectivity index (χ0n) is 14.9. The first-order valence-electron chi connectivity index (χ1n) is 8.59. The van der Waals surface area contributed by atoms with Crippen molar-refractivity contribution in [3.8, 4) is 5.69 Å². The lowest BCUT2D eigenvalue weighted by molar-refractivity contribution is -0.115. The zero-order chi connectivity index (χ0) is 19.5. The molecule has 0 spiro atoms. The SMILES string of the molecule is C[C@H](Sc1ncnc2c1cnn2-c1ccccc1)C(=O)Nc1ccc(Cl)cc1. The van der Waals surface area contributed by atoms with Crippen molar-refractivity contribution in [3.05, 3.63) is 72.1 Å². The van der Waals surface area contributed by atoms with E-state index in [0.717, 1.165) is 11.1 Å². The standard InChI is InChI=1S/C20H16ClN5OS/c1-13(19(27)25-15-9-7-14(21)8-10-15)28-20-17-11-24-26(18(17)22-12-23-20)16-5-3-2-4-6-16/h2-13H,1H3,(H,25,27)/t13-/m0/s1. The Kier molecular flexibility index (Phi) is 5.27. The summed E-state index contributed by atoms with van der Waals surface area (Å²) in [6, 6.07) is 16.8. The van der Waals surface area contributed by atoms with E-state index in [1.54, 1.807) is 35.1 Å². The summed E-state index contributed by atoms with van der Waals surface area (Å²) in [5.74, 6) is -0.116. The van der Waals surface area contributed by atoms with Gasteiger partial charge in [0.05, 0.1) is 22.5 Å². The van der Waals surface area contributed by atoms with Crippen molar-refractivity contribution >= 4 is 46.0 Å². The second-order valence-corrected chi connectivity index (χ2v) is 7.83. The van der Waals surface area contributed by atoms with Gasteiger partial charge in [-0.1, -0.05) is 41.6 Å². The fraction of sp³-hybridized carbons (Fsp3) is 0.100. The summed E-state index contributed by atoms with van der Waals surface area (Å²) in [6.45, 7) is 1.84. The second-order valence-electron chi connectivity index (χ2n) is 6.06. The molecule has 1 amide bonds. The molecule has 0 aliphatic rings. The number of anilines is 1. The largest absolute Gasteiger partial charge is 0.325 e. The highest BCUT2D eigenvalue weighted by Gasteiger charge is 2.19. The van der Waals surface area contributed by atoms with Gasteiger partial charge in [-0.3, -0.25) is 4.79 Å². The van der Waals surface area contributed by atoms with Crippen molar-refractivity contribution < 1.29 is 4.79 Å². The Morgan fingerprint density at radius 3 is 2.61 bits per heavy atom. The van der Waals surface area contributed by atoms with E-state index in [0.29, 0.717) is 21.4 Å². The predicted molar refractivity (Wildman–Crippen MR) is 112 cm³/mol. The smallest absolute Gasteiger partial charge is 0.237 e. The van der Waals surface area contributed by atoms with Crippen molar-refractivity contribution in [2.75, 3.05) is 5.32 Å². The Morgan fingerprint density at radius 2 is 1.86 bits per heavy atom. The number of halogens is 1. The van der Waals surface area contributed by atoms with E-state index in [2.05, 4.69) is 20.4 Å². The molecule has 0 fully saturated rings. The summed E-state index contributed by atoms with van der Waals surface area (Å²) in [4.78, 5) is 21.3. The number of fused-ring (bicyclic) bond motifs is 1. The highest BCUT2D eigenvalue weighted by atomic mass is 35.5. The molecule has 0 aliphatic heterocycles. The number of rotatable bonds is 5. The van der Waals surface area contributed by atoms with Gasteiger partial charge in [0, 0.05) is 10.7 Å². The monoisotopic (exact) mass is 409 g/mol. The van der Waals surface area contributed by atoms with Gasteiger partial charge < -0.3 is 5.32 Å². The molecule has 0 radical (unpaired) electrons. The van der Waals surface area contributed by atoms with Crippen molar-refractivity contribution in [1.29, 1.82) is 0 Å². The van der Waals surface area contributed by atoms with Crippen molar-refractivity contribution in [3.63, 3.8) is 0 Å². The molecule has 1 atom stereocenters. The van der Waals surface area contributed by atoms with Crippen LogP contribution in [0.15, 0.2) is 72.1 Å². The van der Waals surface area contributed by atoms with Crippen LogP contribution in [0.2, 0.25) is 5.02 Å². The summed E-state index contributed by atoms with van der Waals surface area (Å²) in [5, 5.41) is 9.12. The molecule has 8 heteroatoms. The van der Waals surface area contributed by atoms with Gasteiger partial charge in [-0.15, -0.1) is 0 Å². The van der Waals surface area contributed by atoms with Crippen LogP contribution >= 0.6 is 23.4 Å². The van der Waals surface area contributed by atoms with Crippen molar-refractivity contribution in [1.82, 2.24) is 19.7 Å². The normalized spacial score (nSPS) is 12.1. The average molecular weight is 410 g/mol. The Bertz CT molecular complexity index is 1110. The first kappa shape index (κ1) is 18.5. The minimum absolute atomic E-state index is 0.116. The van der Waals surface area contributed by atoms with Crippen molar-refractivity contribution in [2.45, 2.75) is 17.2 Å². The molecule has 0 saturated heterocycles. The summed E-state index contributed by atoms with van der Waals surface area (Å²) in [7, 11) is 0. The number of carbonyl (C=O) groups is 1. The third-order valence-electron chi connectivity index (χ3n) is 4.10. The molecule has 1 N–H and O–H groups in total. The maximum absolute atomic E-state index is 12.5. The number of hydrogen-bond acceptors (Lipinski definition) is 5. The minimum Gasteiger partial charge on any atom is -0.325 e. The van der Waals surface area contributed by atoms with Crippen LogP contribution in [-0.4, -0.2) is 30.9 Å². The zero-order valence-corrected chi connectivity index (χ0v) is 16.5. The highest BCUT2D eigenvalue weighted by Crippen LogP contribution is 2.29. The van der Waals surface area contributed by atoms with Gasteiger partial charge in [-0.05, 0) is 43.3 Å². The lowest BCUT2D eigenvalue weighted by atomic mass is 10.3. The number of benzene rings is 2. The van der Waals surface area contributed by atoms with Crippen LogP contribution in [0.3, 0.4) is 0 Å². The summed E-state index contributed by atoms with van der Waals surface area (Å²) < 4.78 is 1.76. The molecule has 4 rings (SSSR count). The fourth-order valence-electron chi connectivity index (χ4n) is 2.67.